The number of fused-ring (bicyclic) bond motifs is 1. The number of thiophene rings is 1. The molecule has 2 aromatic heterocycles. The lowest BCUT2D eigenvalue weighted by Crippen LogP contribution is -2.28. The zero-order valence-electron chi connectivity index (χ0n) is 16.9. The van der Waals surface area contributed by atoms with Crippen LogP contribution in [0.15, 0.2) is 72.1 Å². The fraction of sp³-hybridized carbons (Fsp3) is 0.125. The second-order valence-corrected chi connectivity index (χ2v) is 7.81. The van der Waals surface area contributed by atoms with Crippen LogP contribution in [0.25, 0.3) is 21.5 Å². The Labute approximate surface area is 183 Å². The first-order valence-corrected chi connectivity index (χ1v) is 10.7. The van der Waals surface area contributed by atoms with E-state index < -0.39 is 0 Å². The molecule has 4 rings (SSSR count). The Bertz CT molecular complexity index is 1220. The fourth-order valence-corrected chi connectivity index (χ4v) is 3.90. The van der Waals surface area contributed by atoms with Crippen molar-refractivity contribution in [2.24, 2.45) is 0 Å². The van der Waals surface area contributed by atoms with E-state index in [9.17, 15) is 9.59 Å². The third kappa shape index (κ3) is 5.07. The molecule has 0 bridgehead atoms. The predicted molar refractivity (Wildman–Crippen MR) is 124 cm³/mol. The summed E-state index contributed by atoms with van der Waals surface area (Å²) in [5.74, 6) is 0.303. The molecule has 2 N–H and O–H groups in total. The first-order valence-electron chi connectivity index (χ1n) is 9.82. The maximum Gasteiger partial charge on any atom is 0.252 e. The molecule has 7 heteroatoms. The summed E-state index contributed by atoms with van der Waals surface area (Å²) < 4.78 is 5.71. The van der Waals surface area contributed by atoms with Crippen molar-refractivity contribution in [1.29, 1.82) is 0 Å². The molecule has 0 spiro atoms. The average molecular weight is 432 g/mol. The maximum atomic E-state index is 12.9. The van der Waals surface area contributed by atoms with Gasteiger partial charge in [-0.1, -0.05) is 30.3 Å². The van der Waals surface area contributed by atoms with Crippen LogP contribution < -0.4 is 15.4 Å². The molecule has 6 nitrogen and oxygen atoms in total. The van der Waals surface area contributed by atoms with Crippen LogP contribution in [-0.4, -0.2) is 29.9 Å². The van der Waals surface area contributed by atoms with Gasteiger partial charge in [-0.2, -0.15) is 0 Å². The first-order chi connectivity index (χ1) is 15.1. The van der Waals surface area contributed by atoms with Crippen molar-refractivity contribution in [2.45, 2.75) is 6.92 Å². The smallest absolute Gasteiger partial charge is 0.252 e. The molecule has 2 aromatic carbocycles. The Morgan fingerprint density at radius 2 is 1.90 bits per heavy atom. The summed E-state index contributed by atoms with van der Waals surface area (Å²) in [6.45, 7) is 2.10. The SMILES string of the molecule is CC(=O)Nc1cccc(OCCNC(=O)c2cc(-c3cccs3)nc3ccccc23)c1. The van der Waals surface area contributed by atoms with Crippen LogP contribution in [0.5, 0.6) is 5.75 Å². The van der Waals surface area contributed by atoms with Crippen molar-refractivity contribution in [3.8, 4) is 16.3 Å². The van der Waals surface area contributed by atoms with Crippen LogP contribution in [0.2, 0.25) is 0 Å². The molecule has 2 heterocycles. The molecule has 0 unspecified atom stereocenters. The number of carbonyl (C=O) groups excluding carboxylic acids is 2. The summed E-state index contributed by atoms with van der Waals surface area (Å²) in [5, 5.41) is 8.44. The van der Waals surface area contributed by atoms with Crippen molar-refractivity contribution in [3.63, 3.8) is 0 Å². The lowest BCUT2D eigenvalue weighted by Gasteiger charge is -2.11. The number of anilines is 1. The van der Waals surface area contributed by atoms with E-state index in [-0.39, 0.29) is 11.8 Å². The predicted octanol–water partition coefficient (Wildman–Crippen LogP) is 4.73. The lowest BCUT2D eigenvalue weighted by molar-refractivity contribution is -0.114. The Kier molecular flexibility index (Phi) is 6.24. The molecule has 0 saturated carbocycles. The van der Waals surface area contributed by atoms with E-state index in [1.165, 1.54) is 6.92 Å². The van der Waals surface area contributed by atoms with Crippen molar-refractivity contribution < 1.29 is 14.3 Å². The number of hydrogen-bond acceptors (Lipinski definition) is 5. The topological polar surface area (TPSA) is 80.3 Å². The minimum absolute atomic E-state index is 0.143. The number of carbonyl (C=O) groups is 2. The van der Waals surface area contributed by atoms with E-state index in [0.717, 1.165) is 21.5 Å². The number of pyridine rings is 1. The highest BCUT2D eigenvalue weighted by Gasteiger charge is 2.14. The summed E-state index contributed by atoms with van der Waals surface area (Å²) in [4.78, 5) is 29.8. The summed E-state index contributed by atoms with van der Waals surface area (Å²) in [7, 11) is 0. The number of benzene rings is 2. The van der Waals surface area contributed by atoms with Gasteiger partial charge in [-0.3, -0.25) is 9.59 Å². The number of amides is 2. The highest BCUT2D eigenvalue weighted by Crippen LogP contribution is 2.27. The van der Waals surface area contributed by atoms with Crippen LogP contribution in [0.3, 0.4) is 0 Å². The highest BCUT2D eigenvalue weighted by molar-refractivity contribution is 7.13. The third-order valence-corrected chi connectivity index (χ3v) is 5.44. The molecule has 0 fully saturated rings. The van der Waals surface area contributed by atoms with Crippen LogP contribution in [-0.2, 0) is 4.79 Å². The Balaban J connectivity index is 1.44. The van der Waals surface area contributed by atoms with E-state index >= 15 is 0 Å². The maximum absolute atomic E-state index is 12.9. The molecule has 0 aliphatic carbocycles. The molecule has 0 atom stereocenters. The van der Waals surface area contributed by atoms with E-state index in [1.807, 2.05) is 47.8 Å². The van der Waals surface area contributed by atoms with Gasteiger partial charge >= 0.3 is 0 Å². The standard InChI is InChI=1S/C24H21N3O3S/c1-16(28)26-17-6-4-7-18(14-17)30-12-11-25-24(29)20-15-22(23-10-5-13-31-23)27-21-9-3-2-8-19(20)21/h2-10,13-15H,11-12H2,1H3,(H,25,29)(H,26,28). The number of ether oxygens (including phenoxy) is 1. The summed E-state index contributed by atoms with van der Waals surface area (Å²) >= 11 is 1.59. The monoisotopic (exact) mass is 431 g/mol. The number of nitrogens with one attached hydrogen (secondary N) is 2. The van der Waals surface area contributed by atoms with Crippen LogP contribution >= 0.6 is 11.3 Å². The average Bonchev–Trinajstić information content (AvgIpc) is 3.31. The summed E-state index contributed by atoms with van der Waals surface area (Å²) in [6, 6.07) is 20.6. The van der Waals surface area contributed by atoms with Gasteiger partial charge in [-0.15, -0.1) is 11.3 Å². The van der Waals surface area contributed by atoms with Gasteiger partial charge in [0.15, 0.2) is 0 Å². The number of hydrogen-bond donors (Lipinski definition) is 2. The van der Waals surface area contributed by atoms with Gasteiger partial charge in [0.25, 0.3) is 5.91 Å². The van der Waals surface area contributed by atoms with Gasteiger partial charge < -0.3 is 15.4 Å². The third-order valence-electron chi connectivity index (χ3n) is 4.55. The van der Waals surface area contributed by atoms with Crippen LogP contribution in [0.1, 0.15) is 17.3 Å². The van der Waals surface area contributed by atoms with E-state index in [1.54, 1.807) is 35.6 Å². The van der Waals surface area contributed by atoms with E-state index in [4.69, 9.17) is 9.72 Å². The van der Waals surface area contributed by atoms with Crippen LogP contribution in [0.4, 0.5) is 5.69 Å². The van der Waals surface area contributed by atoms with Gasteiger partial charge in [0.2, 0.25) is 5.91 Å². The zero-order chi connectivity index (χ0) is 21.6. The molecule has 4 aromatic rings. The Hall–Kier alpha value is -3.71. The van der Waals surface area contributed by atoms with Crippen molar-refractivity contribution in [1.82, 2.24) is 10.3 Å². The van der Waals surface area contributed by atoms with Gasteiger partial charge in [-0.05, 0) is 35.7 Å². The quantitative estimate of drug-likeness (QED) is 0.415. The number of para-hydroxylation sites is 1. The van der Waals surface area contributed by atoms with E-state index in [2.05, 4.69) is 10.6 Å². The van der Waals surface area contributed by atoms with E-state index in [0.29, 0.717) is 30.2 Å². The molecule has 31 heavy (non-hydrogen) atoms. The molecule has 0 radical (unpaired) electrons. The summed E-state index contributed by atoms with van der Waals surface area (Å²) in [5.41, 5.74) is 2.81. The molecule has 0 saturated heterocycles. The lowest BCUT2D eigenvalue weighted by atomic mass is 10.1. The molecule has 156 valence electrons. The second kappa shape index (κ2) is 9.40. The van der Waals surface area contributed by atoms with Gasteiger partial charge in [-0.25, -0.2) is 4.98 Å². The Morgan fingerprint density at radius 3 is 2.71 bits per heavy atom. The number of nitrogens with zero attached hydrogens (tertiary/aromatic N) is 1. The Morgan fingerprint density at radius 1 is 1.03 bits per heavy atom. The molecular formula is C24H21N3O3S. The molecular weight excluding hydrogens is 410 g/mol. The zero-order valence-corrected chi connectivity index (χ0v) is 17.7. The molecule has 0 aliphatic heterocycles. The summed E-state index contributed by atoms with van der Waals surface area (Å²) in [6.07, 6.45) is 0. The van der Waals surface area contributed by atoms with Crippen molar-refractivity contribution in [3.05, 3.63) is 77.7 Å². The van der Waals surface area contributed by atoms with Crippen molar-refractivity contribution >= 4 is 39.7 Å². The normalized spacial score (nSPS) is 10.6. The fourth-order valence-electron chi connectivity index (χ4n) is 3.21. The minimum Gasteiger partial charge on any atom is -0.492 e. The minimum atomic E-state index is -0.174. The molecule has 0 aliphatic rings. The highest BCUT2D eigenvalue weighted by atomic mass is 32.1. The van der Waals surface area contributed by atoms with Gasteiger partial charge in [0.05, 0.1) is 28.2 Å². The van der Waals surface area contributed by atoms with Gasteiger partial charge in [0, 0.05) is 24.1 Å². The van der Waals surface area contributed by atoms with Crippen LogP contribution in [0, 0.1) is 0 Å². The number of aromatic nitrogens is 1. The number of rotatable bonds is 7. The van der Waals surface area contributed by atoms with Crippen molar-refractivity contribution in [2.75, 3.05) is 18.5 Å². The molecule has 2 amide bonds. The van der Waals surface area contributed by atoms with Gasteiger partial charge in [0.1, 0.15) is 12.4 Å². The second-order valence-electron chi connectivity index (χ2n) is 6.86. The first kappa shape index (κ1) is 20.6. The largest absolute Gasteiger partial charge is 0.492 e.